The first-order valence-corrected chi connectivity index (χ1v) is 7.52. The van der Waals surface area contributed by atoms with Gasteiger partial charge in [-0.15, -0.1) is 0 Å². The van der Waals surface area contributed by atoms with E-state index in [1.807, 2.05) is 0 Å². The SMILES string of the molecule is CN1CCC2CNc3ccc(C(C)(C)C)cc3C2C1. The summed E-state index contributed by atoms with van der Waals surface area (Å²) < 4.78 is 0. The van der Waals surface area contributed by atoms with Crippen molar-refractivity contribution in [2.75, 3.05) is 32.0 Å². The molecule has 0 aromatic heterocycles. The van der Waals surface area contributed by atoms with Gasteiger partial charge in [-0.25, -0.2) is 0 Å². The van der Waals surface area contributed by atoms with Crippen LogP contribution in [0.25, 0.3) is 0 Å². The predicted molar refractivity (Wildman–Crippen MR) is 82.0 cm³/mol. The quantitative estimate of drug-likeness (QED) is 0.767. The topological polar surface area (TPSA) is 15.3 Å². The van der Waals surface area contributed by atoms with E-state index in [-0.39, 0.29) is 5.41 Å². The third-order valence-corrected chi connectivity index (χ3v) is 4.83. The lowest BCUT2D eigenvalue weighted by molar-refractivity contribution is 0.192. The van der Waals surface area contributed by atoms with Crippen LogP contribution < -0.4 is 5.32 Å². The van der Waals surface area contributed by atoms with Crippen LogP contribution in [-0.2, 0) is 5.41 Å². The zero-order valence-electron chi connectivity index (χ0n) is 12.7. The van der Waals surface area contributed by atoms with Crippen molar-refractivity contribution in [2.24, 2.45) is 5.92 Å². The Labute approximate surface area is 117 Å². The lowest BCUT2D eigenvalue weighted by atomic mass is 9.75. The molecule has 2 aliphatic rings. The second kappa shape index (κ2) is 4.52. The Morgan fingerprint density at radius 3 is 2.79 bits per heavy atom. The zero-order chi connectivity index (χ0) is 13.6. The van der Waals surface area contributed by atoms with Crippen LogP contribution >= 0.6 is 0 Å². The summed E-state index contributed by atoms with van der Waals surface area (Å²) in [6.45, 7) is 10.5. The third kappa shape index (κ3) is 2.38. The highest BCUT2D eigenvalue weighted by Crippen LogP contribution is 2.41. The van der Waals surface area contributed by atoms with E-state index in [4.69, 9.17) is 0 Å². The first-order chi connectivity index (χ1) is 8.95. The highest BCUT2D eigenvalue weighted by molar-refractivity contribution is 5.57. The van der Waals surface area contributed by atoms with Gasteiger partial charge in [0.1, 0.15) is 0 Å². The van der Waals surface area contributed by atoms with Crippen molar-refractivity contribution in [1.82, 2.24) is 4.90 Å². The number of rotatable bonds is 0. The summed E-state index contributed by atoms with van der Waals surface area (Å²) in [4.78, 5) is 2.49. The molecule has 19 heavy (non-hydrogen) atoms. The zero-order valence-corrected chi connectivity index (χ0v) is 12.7. The number of hydrogen-bond acceptors (Lipinski definition) is 2. The number of fused-ring (bicyclic) bond motifs is 3. The molecule has 1 saturated heterocycles. The van der Waals surface area contributed by atoms with Crippen molar-refractivity contribution >= 4 is 5.69 Å². The molecule has 3 rings (SSSR count). The molecule has 0 spiro atoms. The Hall–Kier alpha value is -1.02. The fourth-order valence-electron chi connectivity index (χ4n) is 3.50. The standard InChI is InChI=1S/C17H26N2/c1-17(2,3)13-5-6-16-14(9-13)15-11-19(4)8-7-12(15)10-18-16/h5-6,9,12,15,18H,7-8,10-11H2,1-4H3. The summed E-state index contributed by atoms with van der Waals surface area (Å²) in [6, 6.07) is 7.04. The summed E-state index contributed by atoms with van der Waals surface area (Å²) in [5.41, 5.74) is 4.62. The molecule has 1 N–H and O–H groups in total. The average molecular weight is 258 g/mol. The summed E-state index contributed by atoms with van der Waals surface area (Å²) in [7, 11) is 2.26. The second-order valence-corrected chi connectivity index (χ2v) is 7.35. The lowest BCUT2D eigenvalue weighted by Gasteiger charge is -2.42. The lowest BCUT2D eigenvalue weighted by Crippen LogP contribution is -2.42. The van der Waals surface area contributed by atoms with Gasteiger partial charge in [-0.1, -0.05) is 32.9 Å². The van der Waals surface area contributed by atoms with Crippen molar-refractivity contribution < 1.29 is 0 Å². The summed E-state index contributed by atoms with van der Waals surface area (Å²) >= 11 is 0. The Morgan fingerprint density at radius 2 is 2.05 bits per heavy atom. The van der Waals surface area contributed by atoms with Gasteiger partial charge in [0.25, 0.3) is 0 Å². The smallest absolute Gasteiger partial charge is 0.0376 e. The molecule has 1 aromatic rings. The molecule has 0 radical (unpaired) electrons. The number of piperidine rings is 1. The maximum Gasteiger partial charge on any atom is 0.0376 e. The van der Waals surface area contributed by atoms with E-state index in [1.54, 1.807) is 5.56 Å². The largest absolute Gasteiger partial charge is 0.385 e. The van der Waals surface area contributed by atoms with Gasteiger partial charge in [0.05, 0.1) is 0 Å². The Morgan fingerprint density at radius 1 is 1.26 bits per heavy atom. The highest BCUT2D eigenvalue weighted by atomic mass is 15.1. The molecule has 0 saturated carbocycles. The van der Waals surface area contributed by atoms with Crippen LogP contribution in [0.4, 0.5) is 5.69 Å². The minimum Gasteiger partial charge on any atom is -0.385 e. The minimum atomic E-state index is 0.239. The van der Waals surface area contributed by atoms with Gasteiger partial charge < -0.3 is 10.2 Å². The number of anilines is 1. The third-order valence-electron chi connectivity index (χ3n) is 4.83. The van der Waals surface area contributed by atoms with Crippen LogP contribution in [0.2, 0.25) is 0 Å². The molecule has 0 amide bonds. The van der Waals surface area contributed by atoms with Gasteiger partial charge in [0.2, 0.25) is 0 Å². The minimum absolute atomic E-state index is 0.239. The van der Waals surface area contributed by atoms with Crippen LogP contribution in [-0.4, -0.2) is 31.6 Å². The molecule has 2 heteroatoms. The monoisotopic (exact) mass is 258 g/mol. The molecule has 1 aromatic carbocycles. The van der Waals surface area contributed by atoms with Crippen LogP contribution in [0, 0.1) is 5.92 Å². The Bertz CT molecular complexity index is 473. The molecule has 2 heterocycles. The molecule has 2 aliphatic heterocycles. The number of nitrogens with zero attached hydrogens (tertiary/aromatic N) is 1. The average Bonchev–Trinajstić information content (AvgIpc) is 2.37. The molecule has 1 fully saturated rings. The van der Waals surface area contributed by atoms with Gasteiger partial charge in [-0.3, -0.25) is 0 Å². The van der Waals surface area contributed by atoms with Gasteiger partial charge in [-0.05, 0) is 48.5 Å². The van der Waals surface area contributed by atoms with Crippen LogP contribution in [0.5, 0.6) is 0 Å². The number of nitrogens with one attached hydrogen (secondary N) is 1. The van der Waals surface area contributed by atoms with Crippen LogP contribution in [0.3, 0.4) is 0 Å². The van der Waals surface area contributed by atoms with Gasteiger partial charge in [0, 0.05) is 24.7 Å². The molecule has 2 unspecified atom stereocenters. The van der Waals surface area contributed by atoms with E-state index in [2.05, 4.69) is 56.2 Å². The first kappa shape index (κ1) is 13.0. The fraction of sp³-hybridized carbons (Fsp3) is 0.647. The number of hydrogen-bond donors (Lipinski definition) is 1. The molecule has 104 valence electrons. The van der Waals surface area contributed by atoms with Crippen LogP contribution in [0.15, 0.2) is 18.2 Å². The number of likely N-dealkylation sites (N-methyl/N-ethyl adjacent to an activating group) is 1. The van der Waals surface area contributed by atoms with E-state index in [9.17, 15) is 0 Å². The normalized spacial score (nSPS) is 27.4. The van der Waals surface area contributed by atoms with Gasteiger partial charge >= 0.3 is 0 Å². The number of likely N-dealkylation sites (tertiary alicyclic amines) is 1. The highest BCUT2D eigenvalue weighted by Gasteiger charge is 2.34. The van der Waals surface area contributed by atoms with Gasteiger partial charge in [-0.2, -0.15) is 0 Å². The fourth-order valence-corrected chi connectivity index (χ4v) is 3.50. The van der Waals surface area contributed by atoms with Crippen molar-refractivity contribution in [3.05, 3.63) is 29.3 Å². The van der Waals surface area contributed by atoms with E-state index in [0.29, 0.717) is 0 Å². The van der Waals surface area contributed by atoms with Gasteiger partial charge in [0.15, 0.2) is 0 Å². The summed E-state index contributed by atoms with van der Waals surface area (Å²) in [6.07, 6.45) is 1.33. The molecule has 2 nitrogen and oxygen atoms in total. The van der Waals surface area contributed by atoms with Crippen molar-refractivity contribution in [2.45, 2.75) is 38.5 Å². The number of benzene rings is 1. The van der Waals surface area contributed by atoms with Crippen molar-refractivity contribution in [1.29, 1.82) is 0 Å². The van der Waals surface area contributed by atoms with E-state index in [0.717, 1.165) is 18.4 Å². The Kier molecular flexibility index (Phi) is 3.09. The molecule has 0 aliphatic carbocycles. The van der Waals surface area contributed by atoms with E-state index in [1.165, 1.54) is 30.8 Å². The maximum atomic E-state index is 3.64. The molecule has 0 bridgehead atoms. The Balaban J connectivity index is 1.99. The predicted octanol–water partition coefficient (Wildman–Crippen LogP) is 3.44. The molecular formula is C17H26N2. The molecular weight excluding hydrogens is 232 g/mol. The van der Waals surface area contributed by atoms with Crippen LogP contribution in [0.1, 0.15) is 44.2 Å². The van der Waals surface area contributed by atoms with E-state index < -0.39 is 0 Å². The summed E-state index contributed by atoms with van der Waals surface area (Å²) in [5, 5.41) is 3.64. The van der Waals surface area contributed by atoms with E-state index >= 15 is 0 Å². The van der Waals surface area contributed by atoms with Crippen molar-refractivity contribution in [3.63, 3.8) is 0 Å². The second-order valence-electron chi connectivity index (χ2n) is 7.35. The van der Waals surface area contributed by atoms with Crippen molar-refractivity contribution in [3.8, 4) is 0 Å². The first-order valence-electron chi connectivity index (χ1n) is 7.52. The summed E-state index contributed by atoms with van der Waals surface area (Å²) in [5.74, 6) is 1.54. The molecule has 2 atom stereocenters. The maximum absolute atomic E-state index is 3.64.